The SMILES string of the molecule is C#CCn1c(=NC(=O)c2cc([N+](=O)[O-])ccc2Cl)sc2c3ccccc3ccc21. The minimum absolute atomic E-state index is 0.0320. The van der Waals surface area contributed by atoms with E-state index in [0.29, 0.717) is 4.80 Å². The summed E-state index contributed by atoms with van der Waals surface area (Å²) in [5, 5.41) is 13.2. The third-order valence-corrected chi connectivity index (χ3v) is 5.87. The highest BCUT2D eigenvalue weighted by molar-refractivity contribution is 7.17. The van der Waals surface area contributed by atoms with Crippen molar-refractivity contribution in [3.8, 4) is 12.3 Å². The van der Waals surface area contributed by atoms with E-state index in [4.69, 9.17) is 18.0 Å². The Morgan fingerprint density at radius 3 is 2.79 bits per heavy atom. The molecule has 0 atom stereocenters. The fraction of sp³-hybridized carbons (Fsp3) is 0.0476. The number of halogens is 1. The molecule has 0 aliphatic rings. The van der Waals surface area contributed by atoms with Crippen LogP contribution >= 0.6 is 22.9 Å². The third-order valence-electron chi connectivity index (χ3n) is 4.41. The molecule has 0 radical (unpaired) electrons. The first-order chi connectivity index (χ1) is 14.0. The van der Waals surface area contributed by atoms with E-state index in [1.807, 2.05) is 36.4 Å². The number of carbonyl (C=O) groups excluding carboxylic acids is 1. The van der Waals surface area contributed by atoms with E-state index in [1.54, 1.807) is 4.57 Å². The topological polar surface area (TPSA) is 77.5 Å². The monoisotopic (exact) mass is 421 g/mol. The first kappa shape index (κ1) is 18.9. The average Bonchev–Trinajstić information content (AvgIpc) is 3.06. The van der Waals surface area contributed by atoms with E-state index < -0.39 is 10.8 Å². The molecule has 0 spiro atoms. The molecule has 1 heterocycles. The van der Waals surface area contributed by atoms with Crippen molar-refractivity contribution in [1.29, 1.82) is 0 Å². The van der Waals surface area contributed by atoms with Crippen LogP contribution in [0.15, 0.2) is 59.6 Å². The first-order valence-electron chi connectivity index (χ1n) is 8.47. The molecular formula is C21H12ClN3O3S. The Kier molecular flexibility index (Phi) is 4.89. The van der Waals surface area contributed by atoms with Crippen LogP contribution in [-0.4, -0.2) is 15.4 Å². The fourth-order valence-corrected chi connectivity index (χ4v) is 4.43. The highest BCUT2D eigenvalue weighted by Crippen LogP contribution is 2.28. The lowest BCUT2D eigenvalue weighted by atomic mass is 10.1. The zero-order valence-electron chi connectivity index (χ0n) is 14.8. The largest absolute Gasteiger partial charge is 0.305 e. The predicted molar refractivity (Wildman–Crippen MR) is 114 cm³/mol. The molecule has 0 saturated heterocycles. The van der Waals surface area contributed by atoms with Crippen LogP contribution in [0.3, 0.4) is 0 Å². The van der Waals surface area contributed by atoms with Gasteiger partial charge in [-0.1, -0.05) is 59.2 Å². The number of benzene rings is 3. The lowest BCUT2D eigenvalue weighted by molar-refractivity contribution is -0.384. The molecule has 142 valence electrons. The minimum Gasteiger partial charge on any atom is -0.305 e. The summed E-state index contributed by atoms with van der Waals surface area (Å²) in [7, 11) is 0. The van der Waals surface area contributed by atoms with Crippen LogP contribution in [0, 0.1) is 22.5 Å². The molecule has 0 saturated carbocycles. The van der Waals surface area contributed by atoms with Crippen molar-refractivity contribution in [3.63, 3.8) is 0 Å². The predicted octanol–water partition coefficient (Wildman–Crippen LogP) is 4.79. The maximum absolute atomic E-state index is 12.8. The Balaban J connectivity index is 1.94. The molecule has 0 bridgehead atoms. The Bertz CT molecular complexity index is 1410. The number of fused-ring (bicyclic) bond motifs is 3. The molecule has 0 aliphatic carbocycles. The molecule has 0 N–H and O–H groups in total. The summed E-state index contributed by atoms with van der Waals surface area (Å²) < 4.78 is 2.73. The molecule has 29 heavy (non-hydrogen) atoms. The van der Waals surface area contributed by atoms with Gasteiger partial charge in [-0.25, -0.2) is 0 Å². The van der Waals surface area contributed by atoms with Crippen molar-refractivity contribution in [2.24, 2.45) is 4.99 Å². The molecule has 3 aromatic carbocycles. The fourth-order valence-electron chi connectivity index (χ4n) is 3.07. The molecule has 8 heteroatoms. The van der Waals surface area contributed by atoms with E-state index in [-0.39, 0.29) is 22.8 Å². The second kappa shape index (κ2) is 7.51. The molecule has 0 fully saturated rings. The number of terminal acetylenes is 1. The maximum Gasteiger partial charge on any atom is 0.281 e. The summed E-state index contributed by atoms with van der Waals surface area (Å²) >= 11 is 7.42. The normalized spacial score (nSPS) is 11.7. The number of amides is 1. The number of hydrogen-bond donors (Lipinski definition) is 0. The lowest BCUT2D eigenvalue weighted by Gasteiger charge is -2.02. The molecule has 4 aromatic rings. The first-order valence-corrected chi connectivity index (χ1v) is 9.66. The van der Waals surface area contributed by atoms with Crippen molar-refractivity contribution >= 4 is 55.5 Å². The van der Waals surface area contributed by atoms with Crippen LogP contribution in [0.1, 0.15) is 10.4 Å². The van der Waals surface area contributed by atoms with Gasteiger partial charge in [0.15, 0.2) is 4.80 Å². The van der Waals surface area contributed by atoms with E-state index >= 15 is 0 Å². The van der Waals surface area contributed by atoms with E-state index in [9.17, 15) is 14.9 Å². The molecule has 1 aromatic heterocycles. The van der Waals surface area contributed by atoms with E-state index in [2.05, 4.69) is 10.9 Å². The van der Waals surface area contributed by atoms with Gasteiger partial charge in [0, 0.05) is 17.5 Å². The number of hydrogen-bond acceptors (Lipinski definition) is 4. The smallest absolute Gasteiger partial charge is 0.281 e. The molecule has 0 aliphatic heterocycles. The van der Waals surface area contributed by atoms with Gasteiger partial charge in [0.1, 0.15) is 0 Å². The van der Waals surface area contributed by atoms with E-state index in [1.165, 1.54) is 23.5 Å². The van der Waals surface area contributed by atoms with Crippen molar-refractivity contribution in [2.75, 3.05) is 0 Å². The summed E-state index contributed by atoms with van der Waals surface area (Å²) in [4.78, 5) is 27.8. The van der Waals surface area contributed by atoms with Crippen molar-refractivity contribution in [3.05, 3.63) is 80.1 Å². The van der Waals surface area contributed by atoms with Gasteiger partial charge in [0.25, 0.3) is 11.6 Å². The van der Waals surface area contributed by atoms with E-state index in [0.717, 1.165) is 27.1 Å². The second-order valence-corrected chi connectivity index (χ2v) is 7.53. The zero-order valence-corrected chi connectivity index (χ0v) is 16.4. The highest BCUT2D eigenvalue weighted by Gasteiger charge is 2.17. The second-order valence-electron chi connectivity index (χ2n) is 6.15. The summed E-state index contributed by atoms with van der Waals surface area (Å²) in [5.74, 6) is 1.92. The number of thiazole rings is 1. The van der Waals surface area contributed by atoms with Crippen molar-refractivity contribution in [2.45, 2.75) is 6.54 Å². The molecule has 0 unspecified atom stereocenters. The van der Waals surface area contributed by atoms with Gasteiger partial charge in [-0.15, -0.1) is 6.42 Å². The summed E-state index contributed by atoms with van der Waals surface area (Å²) in [6.07, 6.45) is 5.52. The van der Waals surface area contributed by atoms with Gasteiger partial charge in [0.05, 0.1) is 32.3 Å². The number of rotatable bonds is 3. The summed E-state index contributed by atoms with van der Waals surface area (Å²) in [5.41, 5.74) is 0.602. The molecule has 4 rings (SSSR count). The van der Waals surface area contributed by atoms with Crippen LogP contribution in [0.5, 0.6) is 0 Å². The number of carbonyl (C=O) groups is 1. The Labute approximate surface area is 173 Å². The standard InChI is InChI=1S/C21H12ClN3O3S/c1-2-11-24-18-10-7-13-5-3-4-6-15(13)19(18)29-21(24)23-20(26)16-12-14(25(27)28)8-9-17(16)22/h1,3-10,12H,11H2. The van der Waals surface area contributed by atoms with Gasteiger partial charge < -0.3 is 4.57 Å². The molecule has 1 amide bonds. The number of nitro benzene ring substituents is 1. The van der Waals surface area contributed by atoms with Gasteiger partial charge in [0.2, 0.25) is 0 Å². The van der Waals surface area contributed by atoms with Crippen LogP contribution in [0.2, 0.25) is 5.02 Å². The highest BCUT2D eigenvalue weighted by atomic mass is 35.5. The number of nitro groups is 1. The van der Waals surface area contributed by atoms with Crippen molar-refractivity contribution < 1.29 is 9.72 Å². The summed E-state index contributed by atoms with van der Waals surface area (Å²) in [6, 6.07) is 15.5. The Morgan fingerprint density at radius 1 is 1.24 bits per heavy atom. The molecule has 6 nitrogen and oxygen atoms in total. The summed E-state index contributed by atoms with van der Waals surface area (Å²) in [6.45, 7) is 0.229. The number of non-ortho nitro benzene ring substituents is 1. The number of aromatic nitrogens is 1. The van der Waals surface area contributed by atoms with Gasteiger partial charge in [-0.05, 0) is 17.5 Å². The minimum atomic E-state index is -0.666. The van der Waals surface area contributed by atoms with Crippen molar-refractivity contribution in [1.82, 2.24) is 4.57 Å². The lowest BCUT2D eigenvalue weighted by Crippen LogP contribution is -2.16. The van der Waals surface area contributed by atoms with Gasteiger partial charge >= 0.3 is 0 Å². The maximum atomic E-state index is 12.8. The molecular weight excluding hydrogens is 410 g/mol. The van der Waals surface area contributed by atoms with Gasteiger partial charge in [-0.3, -0.25) is 14.9 Å². The van der Waals surface area contributed by atoms with Crippen LogP contribution in [0.25, 0.3) is 21.0 Å². The van der Waals surface area contributed by atoms with Gasteiger partial charge in [-0.2, -0.15) is 4.99 Å². The average molecular weight is 422 g/mol. The zero-order chi connectivity index (χ0) is 20.5. The Hall–Kier alpha value is -3.47. The van der Waals surface area contributed by atoms with Crippen LogP contribution < -0.4 is 4.80 Å². The van der Waals surface area contributed by atoms with Crippen LogP contribution in [-0.2, 0) is 6.54 Å². The van der Waals surface area contributed by atoms with Crippen LogP contribution in [0.4, 0.5) is 5.69 Å². The number of nitrogens with zero attached hydrogens (tertiary/aromatic N) is 3. The quantitative estimate of drug-likeness (QED) is 0.271. The third kappa shape index (κ3) is 3.40. The Morgan fingerprint density at radius 2 is 2.03 bits per heavy atom.